The van der Waals surface area contributed by atoms with Gasteiger partial charge in [-0.15, -0.1) is 0 Å². The molecule has 0 aliphatic carbocycles. The molecule has 1 aromatic carbocycles. The van der Waals surface area contributed by atoms with E-state index in [9.17, 15) is 23.6 Å². The van der Waals surface area contributed by atoms with E-state index in [2.05, 4.69) is 4.74 Å². The summed E-state index contributed by atoms with van der Waals surface area (Å²) < 4.78 is 26.8. The number of sulfonamides is 1. The van der Waals surface area contributed by atoms with Gasteiger partial charge in [-0.05, 0) is 0 Å². The standard InChI is InChI=1S/C7H8N2O6S/c1-15-7-5(10)2-4(9(11)12)3-6(7)16(8,13)14/h2-3,10H,1H3,(H2,8,13,14). The molecule has 0 saturated heterocycles. The van der Waals surface area contributed by atoms with E-state index in [1.54, 1.807) is 0 Å². The Morgan fingerprint density at radius 1 is 1.50 bits per heavy atom. The van der Waals surface area contributed by atoms with Crippen LogP contribution in [0.25, 0.3) is 0 Å². The van der Waals surface area contributed by atoms with Gasteiger partial charge in [0.25, 0.3) is 5.69 Å². The van der Waals surface area contributed by atoms with E-state index in [0.717, 1.165) is 13.2 Å². The molecule has 88 valence electrons. The van der Waals surface area contributed by atoms with Gasteiger partial charge in [-0.2, -0.15) is 0 Å². The molecule has 1 rings (SSSR count). The molecule has 0 radical (unpaired) electrons. The van der Waals surface area contributed by atoms with Crippen LogP contribution in [0.5, 0.6) is 11.5 Å². The van der Waals surface area contributed by atoms with Crippen molar-refractivity contribution >= 4 is 15.7 Å². The van der Waals surface area contributed by atoms with Gasteiger partial charge in [-0.3, -0.25) is 10.1 Å². The lowest BCUT2D eigenvalue weighted by molar-refractivity contribution is -0.385. The van der Waals surface area contributed by atoms with Crippen molar-refractivity contribution in [2.24, 2.45) is 5.14 Å². The van der Waals surface area contributed by atoms with Crippen LogP contribution in [0.2, 0.25) is 0 Å². The average Bonchev–Trinajstić information content (AvgIpc) is 2.14. The van der Waals surface area contributed by atoms with E-state index < -0.39 is 37.0 Å². The van der Waals surface area contributed by atoms with Crippen molar-refractivity contribution < 1.29 is 23.2 Å². The number of ether oxygens (including phenoxy) is 1. The van der Waals surface area contributed by atoms with Crippen LogP contribution in [0.4, 0.5) is 5.69 Å². The van der Waals surface area contributed by atoms with Crippen molar-refractivity contribution in [1.29, 1.82) is 0 Å². The molecule has 0 amide bonds. The lowest BCUT2D eigenvalue weighted by Gasteiger charge is -2.07. The number of nitro groups is 1. The summed E-state index contributed by atoms with van der Waals surface area (Å²) in [5.41, 5.74) is -0.595. The minimum Gasteiger partial charge on any atom is -0.504 e. The Morgan fingerprint density at radius 2 is 2.06 bits per heavy atom. The maximum Gasteiger partial charge on any atom is 0.274 e. The number of hydrogen-bond acceptors (Lipinski definition) is 6. The zero-order valence-electron chi connectivity index (χ0n) is 8.08. The van der Waals surface area contributed by atoms with Crippen LogP contribution in [-0.2, 0) is 10.0 Å². The highest BCUT2D eigenvalue weighted by Gasteiger charge is 2.23. The molecule has 16 heavy (non-hydrogen) atoms. The molecule has 0 saturated carbocycles. The second kappa shape index (κ2) is 3.94. The van der Waals surface area contributed by atoms with Crippen LogP contribution in [0.1, 0.15) is 0 Å². The predicted octanol–water partition coefficient (Wildman–Crippen LogP) is -0.0436. The fourth-order valence-corrected chi connectivity index (χ4v) is 1.83. The smallest absolute Gasteiger partial charge is 0.274 e. The zero-order valence-corrected chi connectivity index (χ0v) is 8.89. The molecule has 0 heterocycles. The van der Waals surface area contributed by atoms with Gasteiger partial charge >= 0.3 is 0 Å². The monoisotopic (exact) mass is 248 g/mol. The largest absolute Gasteiger partial charge is 0.504 e. The van der Waals surface area contributed by atoms with Crippen LogP contribution >= 0.6 is 0 Å². The number of methoxy groups -OCH3 is 1. The van der Waals surface area contributed by atoms with Crippen molar-refractivity contribution in [1.82, 2.24) is 0 Å². The van der Waals surface area contributed by atoms with E-state index in [0.29, 0.717) is 6.07 Å². The molecule has 1 aromatic rings. The van der Waals surface area contributed by atoms with Crippen LogP contribution in [-0.4, -0.2) is 25.6 Å². The molecular formula is C7H8N2O6S. The second-order valence-corrected chi connectivity index (χ2v) is 4.33. The number of benzene rings is 1. The fraction of sp³-hybridized carbons (Fsp3) is 0.143. The molecule has 3 N–H and O–H groups in total. The fourth-order valence-electron chi connectivity index (χ4n) is 1.10. The third kappa shape index (κ3) is 2.20. The van der Waals surface area contributed by atoms with Crippen molar-refractivity contribution in [3.63, 3.8) is 0 Å². The maximum atomic E-state index is 11.1. The first kappa shape index (κ1) is 12.2. The number of non-ortho nitro benzene ring substituents is 1. The number of hydrogen-bond donors (Lipinski definition) is 2. The number of nitrogens with zero attached hydrogens (tertiary/aromatic N) is 1. The first-order chi connectivity index (χ1) is 7.27. The molecule has 0 aliphatic heterocycles. The summed E-state index contributed by atoms with van der Waals surface area (Å²) in [5.74, 6) is -1.09. The summed E-state index contributed by atoms with van der Waals surface area (Å²) in [5, 5.41) is 24.6. The Morgan fingerprint density at radius 3 is 2.44 bits per heavy atom. The number of nitro benzene ring substituents is 1. The Kier molecular flexibility index (Phi) is 3.01. The molecule has 0 bridgehead atoms. The molecule has 0 aromatic heterocycles. The maximum absolute atomic E-state index is 11.1. The summed E-state index contributed by atoms with van der Waals surface area (Å²) in [6.45, 7) is 0. The van der Waals surface area contributed by atoms with Gasteiger partial charge in [0.15, 0.2) is 11.5 Å². The van der Waals surface area contributed by atoms with Gasteiger partial charge in [0.2, 0.25) is 10.0 Å². The van der Waals surface area contributed by atoms with Gasteiger partial charge in [-0.1, -0.05) is 0 Å². The summed E-state index contributed by atoms with van der Waals surface area (Å²) >= 11 is 0. The average molecular weight is 248 g/mol. The first-order valence-electron chi connectivity index (χ1n) is 3.85. The van der Waals surface area contributed by atoms with Crippen molar-refractivity contribution in [3.05, 3.63) is 22.2 Å². The number of nitrogens with two attached hydrogens (primary N) is 1. The Hall–Kier alpha value is -1.87. The number of primary sulfonamides is 1. The normalized spacial score (nSPS) is 11.1. The van der Waals surface area contributed by atoms with Gasteiger partial charge in [0.05, 0.1) is 18.1 Å². The summed E-state index contributed by atoms with van der Waals surface area (Å²) in [7, 11) is -3.11. The number of rotatable bonds is 3. The highest BCUT2D eigenvalue weighted by atomic mass is 32.2. The van der Waals surface area contributed by atoms with Gasteiger partial charge in [-0.25, -0.2) is 13.6 Å². The van der Waals surface area contributed by atoms with Crippen LogP contribution in [0.3, 0.4) is 0 Å². The van der Waals surface area contributed by atoms with E-state index in [1.165, 1.54) is 0 Å². The molecule has 0 aliphatic rings. The predicted molar refractivity (Wildman–Crippen MR) is 52.7 cm³/mol. The summed E-state index contributed by atoms with van der Waals surface area (Å²) in [4.78, 5) is 8.96. The molecular weight excluding hydrogens is 240 g/mol. The van der Waals surface area contributed by atoms with Crippen molar-refractivity contribution in [3.8, 4) is 11.5 Å². The number of phenols is 1. The van der Waals surface area contributed by atoms with E-state index in [-0.39, 0.29) is 0 Å². The van der Waals surface area contributed by atoms with Crippen LogP contribution in [0, 0.1) is 10.1 Å². The van der Waals surface area contributed by atoms with Gasteiger partial charge < -0.3 is 9.84 Å². The van der Waals surface area contributed by atoms with E-state index in [1.807, 2.05) is 0 Å². The van der Waals surface area contributed by atoms with E-state index >= 15 is 0 Å². The van der Waals surface area contributed by atoms with Gasteiger partial charge in [0.1, 0.15) is 4.90 Å². The number of phenolic OH excluding ortho intramolecular Hbond substituents is 1. The Bertz CT molecular complexity index is 538. The molecule has 8 nitrogen and oxygen atoms in total. The van der Waals surface area contributed by atoms with Crippen LogP contribution in [0.15, 0.2) is 17.0 Å². The minimum atomic E-state index is -4.21. The first-order valence-corrected chi connectivity index (χ1v) is 5.40. The molecule has 0 unspecified atom stereocenters. The molecule has 0 fully saturated rings. The topological polar surface area (TPSA) is 133 Å². The molecule has 0 spiro atoms. The minimum absolute atomic E-state index is 0.423. The highest BCUT2D eigenvalue weighted by molar-refractivity contribution is 7.89. The van der Waals surface area contributed by atoms with E-state index in [4.69, 9.17) is 5.14 Å². The number of aromatic hydroxyl groups is 1. The van der Waals surface area contributed by atoms with Crippen molar-refractivity contribution in [2.45, 2.75) is 4.90 Å². The summed E-state index contributed by atoms with van der Waals surface area (Å²) in [6, 6.07) is 1.49. The summed E-state index contributed by atoms with van der Waals surface area (Å²) in [6.07, 6.45) is 0. The highest BCUT2D eigenvalue weighted by Crippen LogP contribution is 2.36. The van der Waals surface area contributed by atoms with Gasteiger partial charge in [0, 0.05) is 6.07 Å². The second-order valence-electron chi connectivity index (χ2n) is 2.80. The Balaban J connectivity index is 3.62. The van der Waals surface area contributed by atoms with Crippen LogP contribution < -0.4 is 9.88 Å². The molecule has 9 heteroatoms. The zero-order chi connectivity index (χ0) is 12.5. The SMILES string of the molecule is COc1c(O)cc([N+](=O)[O-])cc1S(N)(=O)=O. The quantitative estimate of drug-likeness (QED) is 0.569. The third-order valence-electron chi connectivity index (χ3n) is 1.74. The molecule has 0 atom stereocenters. The lowest BCUT2D eigenvalue weighted by Crippen LogP contribution is -2.13. The van der Waals surface area contributed by atoms with Crippen molar-refractivity contribution in [2.75, 3.05) is 7.11 Å². The lowest BCUT2D eigenvalue weighted by atomic mass is 10.3. The third-order valence-corrected chi connectivity index (χ3v) is 2.66. The Labute approximate surface area is 90.5 Å².